The van der Waals surface area contributed by atoms with Gasteiger partial charge in [0, 0.05) is 12.1 Å². The minimum atomic E-state index is -1.08. The lowest BCUT2D eigenvalue weighted by molar-refractivity contribution is 0.0750. The normalized spacial score (nSPS) is 12.5. The zero-order valence-electron chi connectivity index (χ0n) is 7.83. The molecule has 76 valence electrons. The molecule has 0 spiro atoms. The van der Waals surface area contributed by atoms with Crippen LogP contribution in [-0.4, -0.2) is 30.6 Å². The molecular weight excluding hydrogens is 185 g/mol. The van der Waals surface area contributed by atoms with E-state index >= 15 is 0 Å². The zero-order valence-corrected chi connectivity index (χ0v) is 7.83. The van der Waals surface area contributed by atoms with Crippen molar-refractivity contribution in [2.45, 2.75) is 6.10 Å². The van der Waals surface area contributed by atoms with Crippen LogP contribution in [0.1, 0.15) is 10.4 Å². The second kappa shape index (κ2) is 4.83. The number of likely N-dealkylation sites (N-methyl/N-ethyl adjacent to an activating group) is 1. The number of nitrogens with one attached hydrogen (secondary N) is 1. The fourth-order valence-corrected chi connectivity index (χ4v) is 1.09. The summed E-state index contributed by atoms with van der Waals surface area (Å²) in [5.41, 5.74) is 0.314. The predicted molar refractivity (Wildman–Crippen MR) is 50.7 cm³/mol. The topological polar surface area (TPSA) is 49.3 Å². The summed E-state index contributed by atoms with van der Waals surface area (Å²) in [4.78, 5) is 11.4. The molecule has 1 rings (SSSR count). The van der Waals surface area contributed by atoms with Crippen LogP contribution in [0.5, 0.6) is 0 Å². The molecule has 0 amide bonds. The number of carbonyl (C=O) groups excluding carboxylic acids is 1. The molecule has 1 unspecified atom stereocenters. The Morgan fingerprint density at radius 1 is 1.50 bits per heavy atom. The van der Waals surface area contributed by atoms with Crippen LogP contribution in [0.25, 0.3) is 0 Å². The largest absolute Gasteiger partial charge is 0.384 e. The maximum Gasteiger partial charge on any atom is 0.192 e. The number of hydrogen-bond acceptors (Lipinski definition) is 3. The lowest BCUT2D eigenvalue weighted by Gasteiger charge is -2.08. The van der Waals surface area contributed by atoms with Crippen molar-refractivity contribution in [3.8, 4) is 0 Å². The van der Waals surface area contributed by atoms with Gasteiger partial charge in [-0.1, -0.05) is 0 Å². The first kappa shape index (κ1) is 10.8. The summed E-state index contributed by atoms with van der Waals surface area (Å²) in [6, 6.07) is 5.10. The highest BCUT2D eigenvalue weighted by Gasteiger charge is 2.15. The van der Waals surface area contributed by atoms with Gasteiger partial charge in [-0.2, -0.15) is 0 Å². The third-order valence-electron chi connectivity index (χ3n) is 1.83. The number of hydrogen-bond donors (Lipinski definition) is 2. The van der Waals surface area contributed by atoms with Crippen molar-refractivity contribution in [2.75, 3.05) is 13.6 Å². The van der Waals surface area contributed by atoms with Crippen LogP contribution < -0.4 is 5.32 Å². The molecule has 1 aromatic rings. The van der Waals surface area contributed by atoms with E-state index in [0.29, 0.717) is 5.56 Å². The van der Waals surface area contributed by atoms with Gasteiger partial charge in [-0.15, -0.1) is 0 Å². The molecule has 1 atom stereocenters. The molecule has 0 bridgehead atoms. The molecule has 2 N–H and O–H groups in total. The van der Waals surface area contributed by atoms with Gasteiger partial charge in [-0.25, -0.2) is 4.39 Å². The van der Waals surface area contributed by atoms with Gasteiger partial charge < -0.3 is 10.4 Å². The Morgan fingerprint density at radius 3 is 2.57 bits per heavy atom. The summed E-state index contributed by atoms with van der Waals surface area (Å²) >= 11 is 0. The van der Waals surface area contributed by atoms with Gasteiger partial charge in [0.25, 0.3) is 0 Å². The molecule has 0 fully saturated rings. The Labute approximate surface area is 81.6 Å². The lowest BCUT2D eigenvalue weighted by Crippen LogP contribution is -2.31. The van der Waals surface area contributed by atoms with Crippen molar-refractivity contribution in [2.24, 2.45) is 0 Å². The van der Waals surface area contributed by atoms with Gasteiger partial charge in [0.2, 0.25) is 0 Å². The molecule has 0 aliphatic carbocycles. The van der Waals surface area contributed by atoms with Gasteiger partial charge in [0.1, 0.15) is 11.9 Å². The van der Waals surface area contributed by atoms with Crippen molar-refractivity contribution in [3.63, 3.8) is 0 Å². The van der Waals surface area contributed by atoms with Crippen LogP contribution in [0.4, 0.5) is 4.39 Å². The number of aliphatic hydroxyl groups is 1. The van der Waals surface area contributed by atoms with Gasteiger partial charge >= 0.3 is 0 Å². The number of ketones is 1. The van der Waals surface area contributed by atoms with E-state index in [-0.39, 0.29) is 6.54 Å². The van der Waals surface area contributed by atoms with Gasteiger partial charge in [-0.3, -0.25) is 4.79 Å². The van der Waals surface area contributed by atoms with Crippen molar-refractivity contribution in [1.29, 1.82) is 0 Å². The number of benzene rings is 1. The zero-order chi connectivity index (χ0) is 10.6. The number of rotatable bonds is 4. The maximum atomic E-state index is 12.5. The third-order valence-corrected chi connectivity index (χ3v) is 1.83. The molecule has 0 aromatic heterocycles. The molecule has 4 heteroatoms. The number of carbonyl (C=O) groups is 1. The Kier molecular flexibility index (Phi) is 3.73. The summed E-state index contributed by atoms with van der Waals surface area (Å²) in [5.74, 6) is -0.802. The van der Waals surface area contributed by atoms with Crippen molar-refractivity contribution < 1.29 is 14.3 Å². The fourth-order valence-electron chi connectivity index (χ4n) is 1.09. The molecule has 0 saturated carbocycles. The molecule has 14 heavy (non-hydrogen) atoms. The highest BCUT2D eigenvalue weighted by molar-refractivity contribution is 5.99. The van der Waals surface area contributed by atoms with Gasteiger partial charge in [0.05, 0.1) is 0 Å². The van der Waals surface area contributed by atoms with E-state index < -0.39 is 17.7 Å². The molecule has 0 aliphatic heterocycles. The average Bonchev–Trinajstić information content (AvgIpc) is 2.18. The molecule has 1 aromatic carbocycles. The highest BCUT2D eigenvalue weighted by Crippen LogP contribution is 2.05. The summed E-state index contributed by atoms with van der Waals surface area (Å²) < 4.78 is 12.5. The van der Waals surface area contributed by atoms with E-state index in [1.165, 1.54) is 24.3 Å². The minimum absolute atomic E-state index is 0.191. The summed E-state index contributed by atoms with van der Waals surface area (Å²) in [7, 11) is 1.64. The third kappa shape index (κ3) is 2.61. The molecule has 0 saturated heterocycles. The Bertz CT molecular complexity index is 310. The van der Waals surface area contributed by atoms with E-state index in [0.717, 1.165) is 0 Å². The molecule has 0 aliphatic rings. The van der Waals surface area contributed by atoms with Crippen molar-refractivity contribution in [1.82, 2.24) is 5.32 Å². The first-order valence-electron chi connectivity index (χ1n) is 4.27. The maximum absolute atomic E-state index is 12.5. The van der Waals surface area contributed by atoms with Crippen molar-refractivity contribution >= 4 is 5.78 Å². The molecule has 0 radical (unpaired) electrons. The lowest BCUT2D eigenvalue weighted by atomic mass is 10.1. The fraction of sp³-hybridized carbons (Fsp3) is 0.300. The van der Waals surface area contributed by atoms with Crippen LogP contribution in [0, 0.1) is 5.82 Å². The van der Waals surface area contributed by atoms with Crippen LogP contribution in [-0.2, 0) is 0 Å². The van der Waals surface area contributed by atoms with Crippen LogP contribution >= 0.6 is 0 Å². The van der Waals surface area contributed by atoms with Crippen molar-refractivity contribution in [3.05, 3.63) is 35.6 Å². The first-order chi connectivity index (χ1) is 6.65. The monoisotopic (exact) mass is 197 g/mol. The smallest absolute Gasteiger partial charge is 0.192 e. The second-order valence-corrected chi connectivity index (χ2v) is 2.94. The minimum Gasteiger partial charge on any atom is -0.384 e. The van der Waals surface area contributed by atoms with E-state index in [4.69, 9.17) is 0 Å². The first-order valence-corrected chi connectivity index (χ1v) is 4.27. The SMILES string of the molecule is CNCC(O)C(=O)c1ccc(F)cc1. The summed E-state index contributed by atoms with van der Waals surface area (Å²) in [5, 5.41) is 12.0. The Balaban J connectivity index is 2.74. The van der Waals surface area contributed by atoms with Gasteiger partial charge in [0.15, 0.2) is 5.78 Å². The quantitative estimate of drug-likeness (QED) is 0.694. The van der Waals surface area contributed by atoms with E-state index in [2.05, 4.69) is 5.32 Å². The second-order valence-electron chi connectivity index (χ2n) is 2.94. The molecular formula is C10H12FNO2. The van der Waals surface area contributed by atoms with Crippen LogP contribution in [0.15, 0.2) is 24.3 Å². The van der Waals surface area contributed by atoms with E-state index in [1.807, 2.05) is 0 Å². The number of halogens is 1. The average molecular weight is 197 g/mol. The number of Topliss-reactive ketones (excluding diaryl/α,β-unsaturated/α-hetero) is 1. The van der Waals surface area contributed by atoms with E-state index in [9.17, 15) is 14.3 Å². The Morgan fingerprint density at radius 2 is 2.07 bits per heavy atom. The summed E-state index contributed by atoms with van der Waals surface area (Å²) in [6.45, 7) is 0.191. The molecule has 3 nitrogen and oxygen atoms in total. The number of aliphatic hydroxyl groups excluding tert-OH is 1. The highest BCUT2D eigenvalue weighted by atomic mass is 19.1. The standard InChI is InChI=1S/C10H12FNO2/c1-12-6-9(13)10(14)7-2-4-8(11)5-3-7/h2-5,9,12-13H,6H2,1H3. The Hall–Kier alpha value is -1.26. The predicted octanol–water partition coefficient (Wildman–Crippen LogP) is 0.589. The van der Waals surface area contributed by atoms with E-state index in [1.54, 1.807) is 7.05 Å². The van der Waals surface area contributed by atoms with Crippen LogP contribution in [0.2, 0.25) is 0 Å². The van der Waals surface area contributed by atoms with Crippen LogP contribution in [0.3, 0.4) is 0 Å². The summed E-state index contributed by atoms with van der Waals surface area (Å²) in [6.07, 6.45) is -1.08. The molecule has 0 heterocycles. The van der Waals surface area contributed by atoms with Gasteiger partial charge in [-0.05, 0) is 31.3 Å².